The third-order valence-electron chi connectivity index (χ3n) is 4.37. The zero-order valence-electron chi connectivity index (χ0n) is 14.1. The van der Waals surface area contributed by atoms with E-state index in [0.717, 1.165) is 12.1 Å². The lowest BCUT2D eigenvalue weighted by molar-refractivity contribution is 0.0161. The van der Waals surface area contributed by atoms with Crippen molar-refractivity contribution in [1.82, 2.24) is 9.29 Å². The van der Waals surface area contributed by atoms with Gasteiger partial charge >= 0.3 is 0 Å². The average Bonchev–Trinajstić information content (AvgIpc) is 2.98. The van der Waals surface area contributed by atoms with Crippen LogP contribution in [0.1, 0.15) is 12.1 Å². The second-order valence-electron chi connectivity index (χ2n) is 6.22. The predicted molar refractivity (Wildman–Crippen MR) is 93.7 cm³/mol. The van der Waals surface area contributed by atoms with Gasteiger partial charge in [-0.05, 0) is 18.2 Å². The van der Waals surface area contributed by atoms with Crippen LogP contribution in [0.3, 0.4) is 0 Å². The van der Waals surface area contributed by atoms with Crippen LogP contribution in [0.4, 0.5) is 13.2 Å². The fraction of sp³-hybridized carbons (Fsp3) is 0.294. The van der Waals surface area contributed by atoms with Crippen LogP contribution in [0.25, 0.3) is 11.1 Å². The molecule has 3 rings (SSSR count). The maximum atomic E-state index is 14.3. The highest BCUT2D eigenvalue weighted by molar-refractivity contribution is 7.89. The molecule has 1 unspecified atom stereocenters. The van der Waals surface area contributed by atoms with Gasteiger partial charge in [0.2, 0.25) is 10.0 Å². The van der Waals surface area contributed by atoms with Crippen LogP contribution in [0.5, 0.6) is 0 Å². The molecule has 0 spiro atoms. The number of nitrogens with zero attached hydrogens (tertiary/aromatic N) is 3. The Morgan fingerprint density at radius 3 is 2.68 bits per heavy atom. The summed E-state index contributed by atoms with van der Waals surface area (Å²) in [6.07, 6.45) is 0.420. The van der Waals surface area contributed by atoms with Crippen molar-refractivity contribution in [1.29, 1.82) is 5.26 Å². The molecule has 148 valence electrons. The average molecular weight is 432 g/mol. The molecule has 2 aromatic rings. The molecular formula is C17H13ClF3N3O3S. The first-order valence-corrected chi connectivity index (χ1v) is 9.77. The number of benzene rings is 1. The number of aromatic nitrogens is 1. The molecule has 0 bridgehead atoms. The van der Waals surface area contributed by atoms with Crippen LogP contribution in [0, 0.1) is 17.1 Å². The fourth-order valence-electron chi connectivity index (χ4n) is 3.04. The minimum Gasteiger partial charge on any atom is -0.395 e. The lowest BCUT2D eigenvalue weighted by atomic mass is 10.1. The lowest BCUT2D eigenvalue weighted by Gasteiger charge is -2.22. The summed E-state index contributed by atoms with van der Waals surface area (Å²) in [5, 5.41) is 18.0. The molecule has 1 aromatic heterocycles. The number of hydrogen-bond acceptors (Lipinski definition) is 5. The Morgan fingerprint density at radius 2 is 2.07 bits per heavy atom. The van der Waals surface area contributed by atoms with E-state index in [1.165, 1.54) is 18.3 Å². The van der Waals surface area contributed by atoms with Crippen molar-refractivity contribution in [3.05, 3.63) is 47.0 Å². The van der Waals surface area contributed by atoms with E-state index in [0.29, 0.717) is 4.31 Å². The second-order valence-corrected chi connectivity index (χ2v) is 8.52. The summed E-state index contributed by atoms with van der Waals surface area (Å²) in [7, 11) is -4.36. The van der Waals surface area contributed by atoms with Gasteiger partial charge in [-0.15, -0.1) is 0 Å². The summed E-state index contributed by atoms with van der Waals surface area (Å²) >= 11 is 6.12. The van der Waals surface area contributed by atoms with E-state index in [1.54, 1.807) is 6.07 Å². The molecule has 11 heteroatoms. The molecule has 1 atom stereocenters. The first kappa shape index (κ1) is 20.5. The van der Waals surface area contributed by atoms with Gasteiger partial charge in [-0.2, -0.15) is 9.57 Å². The highest BCUT2D eigenvalue weighted by Crippen LogP contribution is 2.38. The van der Waals surface area contributed by atoms with E-state index in [1.807, 2.05) is 0 Å². The Bertz CT molecular complexity index is 1070. The number of hydrogen-bond donors (Lipinski definition) is 1. The molecule has 0 aliphatic carbocycles. The van der Waals surface area contributed by atoms with Gasteiger partial charge in [0.15, 0.2) is 11.5 Å². The molecule has 1 aliphatic rings. The van der Waals surface area contributed by atoms with Crippen molar-refractivity contribution >= 4 is 21.6 Å². The van der Waals surface area contributed by atoms with Gasteiger partial charge in [-0.25, -0.2) is 26.6 Å². The predicted octanol–water partition coefficient (Wildman–Crippen LogP) is 2.80. The van der Waals surface area contributed by atoms with E-state index in [-0.39, 0.29) is 21.0 Å². The zero-order valence-corrected chi connectivity index (χ0v) is 15.7. The molecular weight excluding hydrogens is 419 g/mol. The molecule has 1 aliphatic heterocycles. The van der Waals surface area contributed by atoms with Crippen molar-refractivity contribution < 1.29 is 26.7 Å². The number of pyridine rings is 1. The van der Waals surface area contributed by atoms with Crippen molar-refractivity contribution in [3.63, 3.8) is 0 Å². The van der Waals surface area contributed by atoms with Gasteiger partial charge < -0.3 is 5.11 Å². The molecule has 1 fully saturated rings. The first-order valence-electron chi connectivity index (χ1n) is 7.96. The number of aliphatic hydroxyl groups is 1. The largest absolute Gasteiger partial charge is 0.395 e. The van der Waals surface area contributed by atoms with Gasteiger partial charge in [0.25, 0.3) is 5.92 Å². The SMILES string of the molecule is N#Cc1nccc(-c2ccc(S(=O)(=O)N3CC(F)(F)CC3CO)cc2Cl)c1F. The minimum atomic E-state index is -4.36. The van der Waals surface area contributed by atoms with Crippen LogP contribution in [-0.4, -0.2) is 47.9 Å². The maximum absolute atomic E-state index is 14.3. The van der Waals surface area contributed by atoms with Gasteiger partial charge in [-0.1, -0.05) is 17.7 Å². The highest BCUT2D eigenvalue weighted by Gasteiger charge is 2.49. The van der Waals surface area contributed by atoms with Crippen LogP contribution < -0.4 is 0 Å². The van der Waals surface area contributed by atoms with E-state index < -0.39 is 53.1 Å². The number of halogens is 4. The maximum Gasteiger partial charge on any atom is 0.263 e. The summed E-state index contributed by atoms with van der Waals surface area (Å²) < 4.78 is 67.7. The Hall–Kier alpha value is -2.19. The number of nitriles is 1. The van der Waals surface area contributed by atoms with Crippen molar-refractivity contribution in [2.75, 3.05) is 13.2 Å². The van der Waals surface area contributed by atoms with Crippen LogP contribution in [-0.2, 0) is 10.0 Å². The molecule has 0 radical (unpaired) electrons. The third-order valence-corrected chi connectivity index (χ3v) is 6.58. The zero-order chi connectivity index (χ0) is 20.7. The Labute approximate surface area is 163 Å². The summed E-state index contributed by atoms with van der Waals surface area (Å²) in [4.78, 5) is 3.21. The third kappa shape index (κ3) is 3.58. The van der Waals surface area contributed by atoms with E-state index >= 15 is 0 Å². The molecule has 0 saturated carbocycles. The van der Waals surface area contributed by atoms with Gasteiger partial charge in [0.05, 0.1) is 24.1 Å². The Kier molecular flexibility index (Phi) is 5.38. The number of alkyl halides is 2. The van der Waals surface area contributed by atoms with Crippen LogP contribution in [0.15, 0.2) is 35.4 Å². The molecule has 1 aromatic carbocycles. The first-order chi connectivity index (χ1) is 13.1. The molecule has 1 saturated heterocycles. The molecule has 1 N–H and O–H groups in total. The van der Waals surface area contributed by atoms with Gasteiger partial charge in [0.1, 0.15) is 6.07 Å². The Balaban J connectivity index is 2.02. The van der Waals surface area contributed by atoms with E-state index in [2.05, 4.69) is 4.98 Å². The summed E-state index contributed by atoms with van der Waals surface area (Å²) in [6, 6.07) is 4.95. The molecule has 2 heterocycles. The minimum absolute atomic E-state index is 0.0542. The summed E-state index contributed by atoms with van der Waals surface area (Å²) in [5.74, 6) is -4.17. The molecule has 28 heavy (non-hydrogen) atoms. The van der Waals surface area contributed by atoms with Crippen LogP contribution >= 0.6 is 11.6 Å². The molecule has 6 nitrogen and oxygen atoms in total. The van der Waals surface area contributed by atoms with Crippen molar-refractivity contribution in [3.8, 4) is 17.2 Å². The number of aliphatic hydroxyl groups excluding tert-OH is 1. The smallest absolute Gasteiger partial charge is 0.263 e. The topological polar surface area (TPSA) is 94.3 Å². The quantitative estimate of drug-likeness (QED) is 0.803. The van der Waals surface area contributed by atoms with E-state index in [4.69, 9.17) is 16.9 Å². The summed E-state index contributed by atoms with van der Waals surface area (Å²) in [6.45, 7) is -1.80. The number of rotatable bonds is 4. The monoisotopic (exact) mass is 431 g/mol. The second kappa shape index (κ2) is 7.33. The van der Waals surface area contributed by atoms with Gasteiger partial charge in [-0.3, -0.25) is 0 Å². The summed E-state index contributed by atoms with van der Waals surface area (Å²) in [5.41, 5.74) is -0.390. The number of sulfonamides is 1. The standard InChI is InChI=1S/C17H13ClF3N3O3S/c18-14-5-11(28(26,27)24-9-17(20,21)6-10(24)8-25)1-2-12(14)13-3-4-23-15(7-22)16(13)19/h1-5,10,25H,6,8-9H2. The highest BCUT2D eigenvalue weighted by atomic mass is 35.5. The van der Waals surface area contributed by atoms with Crippen molar-refractivity contribution in [2.45, 2.75) is 23.3 Å². The molecule has 0 amide bonds. The van der Waals surface area contributed by atoms with Gasteiger partial charge in [0, 0.05) is 28.8 Å². The fourth-order valence-corrected chi connectivity index (χ4v) is 5.06. The van der Waals surface area contributed by atoms with E-state index in [9.17, 15) is 26.7 Å². The van der Waals surface area contributed by atoms with Crippen molar-refractivity contribution in [2.24, 2.45) is 0 Å². The van der Waals surface area contributed by atoms with Crippen LogP contribution in [0.2, 0.25) is 5.02 Å². The Morgan fingerprint density at radius 1 is 1.36 bits per heavy atom. The lowest BCUT2D eigenvalue weighted by Crippen LogP contribution is -2.38. The normalized spacial score (nSPS) is 19.5.